The zero-order valence-electron chi connectivity index (χ0n) is 22.9. The van der Waals surface area contributed by atoms with Crippen molar-refractivity contribution in [1.29, 1.82) is 0 Å². The van der Waals surface area contributed by atoms with E-state index >= 15 is 0 Å². The average Bonchev–Trinajstić information content (AvgIpc) is 3.01. The van der Waals surface area contributed by atoms with Crippen LogP contribution in [0.5, 0.6) is 23.0 Å². The number of hydrogen-bond acceptors (Lipinski definition) is 4. The molecular formula is C36H28O4. The second-order valence-corrected chi connectivity index (χ2v) is 9.92. The molecule has 40 heavy (non-hydrogen) atoms. The van der Waals surface area contributed by atoms with Gasteiger partial charge < -0.3 is 18.9 Å². The number of rotatable bonds is 4. The monoisotopic (exact) mass is 524 g/mol. The molecule has 4 nitrogen and oxygen atoms in total. The molecule has 0 amide bonds. The minimum Gasteiger partial charge on any atom is -0.496 e. The highest BCUT2D eigenvalue weighted by Gasteiger charge is 2.25. The van der Waals surface area contributed by atoms with E-state index in [0.717, 1.165) is 66.8 Å². The molecule has 0 atom stereocenters. The van der Waals surface area contributed by atoms with Gasteiger partial charge in [0.25, 0.3) is 0 Å². The highest BCUT2D eigenvalue weighted by Crippen LogP contribution is 2.52. The third-order valence-corrected chi connectivity index (χ3v) is 8.04. The Kier molecular flexibility index (Phi) is 5.64. The van der Waals surface area contributed by atoms with Crippen LogP contribution in [0.3, 0.4) is 0 Å². The van der Waals surface area contributed by atoms with Crippen LogP contribution < -0.4 is 18.9 Å². The maximum atomic E-state index is 5.83. The molecule has 4 heteroatoms. The highest BCUT2D eigenvalue weighted by molar-refractivity contribution is 6.11. The number of benzene rings is 6. The first-order valence-electron chi connectivity index (χ1n) is 13.2. The minimum absolute atomic E-state index is 0.802. The van der Waals surface area contributed by atoms with E-state index in [2.05, 4.69) is 72.8 Å². The van der Waals surface area contributed by atoms with E-state index in [4.69, 9.17) is 18.9 Å². The van der Waals surface area contributed by atoms with Gasteiger partial charge in [0.15, 0.2) is 0 Å². The van der Waals surface area contributed by atoms with Gasteiger partial charge in [0, 0.05) is 21.5 Å². The summed E-state index contributed by atoms with van der Waals surface area (Å²) >= 11 is 0. The van der Waals surface area contributed by atoms with Crippen LogP contribution in [0.2, 0.25) is 0 Å². The van der Waals surface area contributed by atoms with Gasteiger partial charge in [-0.3, -0.25) is 0 Å². The molecule has 0 aliphatic heterocycles. The van der Waals surface area contributed by atoms with Crippen LogP contribution in [0, 0.1) is 0 Å². The second-order valence-electron chi connectivity index (χ2n) is 9.92. The number of methoxy groups -OCH3 is 4. The summed E-state index contributed by atoms with van der Waals surface area (Å²) in [5.74, 6) is 3.22. The number of ether oxygens (including phenoxy) is 4. The third-order valence-electron chi connectivity index (χ3n) is 8.04. The summed E-state index contributed by atoms with van der Waals surface area (Å²) in [4.78, 5) is 0. The van der Waals surface area contributed by atoms with Crippen molar-refractivity contribution in [2.45, 2.75) is 0 Å². The Hall–Kier alpha value is -4.96. The molecule has 0 spiro atoms. The van der Waals surface area contributed by atoms with Crippen molar-refractivity contribution in [3.8, 4) is 67.5 Å². The Balaban J connectivity index is 1.72. The molecule has 1 aliphatic rings. The number of hydrogen-bond donors (Lipinski definition) is 0. The predicted octanol–water partition coefficient (Wildman–Crippen LogP) is 9.01. The molecule has 0 bridgehead atoms. The molecule has 7 rings (SSSR count). The summed E-state index contributed by atoms with van der Waals surface area (Å²) in [7, 11) is 6.84. The Labute approximate surface area is 233 Å². The van der Waals surface area contributed by atoms with Crippen LogP contribution >= 0.6 is 0 Å². The van der Waals surface area contributed by atoms with E-state index in [1.165, 1.54) is 22.3 Å². The minimum atomic E-state index is 0.802. The molecule has 6 aromatic carbocycles. The van der Waals surface area contributed by atoms with Crippen LogP contribution in [0.4, 0.5) is 0 Å². The largest absolute Gasteiger partial charge is 0.496 e. The lowest BCUT2D eigenvalue weighted by Gasteiger charge is -2.25. The first-order chi connectivity index (χ1) is 19.7. The van der Waals surface area contributed by atoms with Crippen molar-refractivity contribution >= 4 is 21.5 Å². The van der Waals surface area contributed by atoms with Crippen LogP contribution in [-0.2, 0) is 0 Å². The quantitative estimate of drug-likeness (QED) is 0.230. The van der Waals surface area contributed by atoms with E-state index in [9.17, 15) is 0 Å². The predicted molar refractivity (Wildman–Crippen MR) is 163 cm³/mol. The maximum Gasteiger partial charge on any atom is 0.126 e. The van der Waals surface area contributed by atoms with Crippen LogP contribution in [-0.4, -0.2) is 28.4 Å². The zero-order valence-corrected chi connectivity index (χ0v) is 22.9. The Morgan fingerprint density at radius 1 is 0.300 bits per heavy atom. The fraction of sp³-hybridized carbons (Fsp3) is 0.111. The van der Waals surface area contributed by atoms with Gasteiger partial charge in [-0.1, -0.05) is 48.5 Å². The first-order valence-corrected chi connectivity index (χ1v) is 13.2. The summed E-state index contributed by atoms with van der Waals surface area (Å²) < 4.78 is 23.3. The van der Waals surface area contributed by atoms with Crippen LogP contribution in [0.1, 0.15) is 0 Å². The molecule has 1 aliphatic carbocycles. The number of fused-ring (bicyclic) bond motifs is 10. The van der Waals surface area contributed by atoms with Crippen LogP contribution in [0.25, 0.3) is 66.1 Å². The molecule has 0 saturated heterocycles. The van der Waals surface area contributed by atoms with Crippen molar-refractivity contribution < 1.29 is 18.9 Å². The summed E-state index contributed by atoms with van der Waals surface area (Å²) in [6.45, 7) is 0. The lowest BCUT2D eigenvalue weighted by Crippen LogP contribution is -1.99. The molecule has 0 N–H and O–H groups in total. The molecule has 0 saturated carbocycles. The molecular weight excluding hydrogens is 496 g/mol. The topological polar surface area (TPSA) is 36.9 Å². The van der Waals surface area contributed by atoms with Gasteiger partial charge in [-0.2, -0.15) is 0 Å². The van der Waals surface area contributed by atoms with E-state index in [-0.39, 0.29) is 0 Å². The highest BCUT2D eigenvalue weighted by atomic mass is 16.5. The van der Waals surface area contributed by atoms with E-state index in [1.807, 2.05) is 24.3 Å². The van der Waals surface area contributed by atoms with Gasteiger partial charge in [-0.05, 0) is 93.0 Å². The molecule has 0 aromatic heterocycles. The van der Waals surface area contributed by atoms with E-state index in [0.29, 0.717) is 0 Å². The summed E-state index contributed by atoms with van der Waals surface area (Å²) in [5, 5.41) is 4.00. The maximum absolute atomic E-state index is 5.83. The van der Waals surface area contributed by atoms with Gasteiger partial charge in [-0.15, -0.1) is 0 Å². The third kappa shape index (κ3) is 3.46. The standard InChI is InChI=1S/C36H28O4/c1-37-33-13-15-35(39-3)31-19-27-25(17-29(31)33)23-11-7-5-9-21(23)22-10-6-8-12-24(22)26-18-30-32(20-28(26)27)36(40-4)16-14-34(30)38-2/h5-20H,1-4H3. The molecule has 0 radical (unpaired) electrons. The molecule has 0 heterocycles. The fourth-order valence-corrected chi connectivity index (χ4v) is 6.19. The normalized spacial score (nSPS) is 11.5. The lowest BCUT2D eigenvalue weighted by atomic mass is 9.79. The Morgan fingerprint density at radius 2 is 0.525 bits per heavy atom. The lowest BCUT2D eigenvalue weighted by molar-refractivity contribution is 0.410. The summed E-state index contributed by atoms with van der Waals surface area (Å²) in [6, 6.07) is 34.1. The van der Waals surface area contributed by atoms with Gasteiger partial charge in [0.05, 0.1) is 28.4 Å². The van der Waals surface area contributed by atoms with Crippen molar-refractivity contribution in [3.63, 3.8) is 0 Å². The molecule has 6 aromatic rings. The summed E-state index contributed by atoms with van der Waals surface area (Å²) in [6.07, 6.45) is 0. The SMILES string of the molecule is COc1ccc(OC)c2cc3c(cc12)-c1ccccc1-c1ccccc1-c1cc2c(OC)ccc(OC)c2cc1-3. The Morgan fingerprint density at radius 3 is 0.775 bits per heavy atom. The van der Waals surface area contributed by atoms with Gasteiger partial charge in [0.1, 0.15) is 23.0 Å². The van der Waals surface area contributed by atoms with Crippen molar-refractivity contribution in [1.82, 2.24) is 0 Å². The van der Waals surface area contributed by atoms with Crippen molar-refractivity contribution in [2.24, 2.45) is 0 Å². The molecule has 0 fully saturated rings. The molecule has 0 unspecified atom stereocenters. The van der Waals surface area contributed by atoms with E-state index in [1.54, 1.807) is 28.4 Å². The zero-order chi connectivity index (χ0) is 27.4. The van der Waals surface area contributed by atoms with Gasteiger partial charge in [0.2, 0.25) is 0 Å². The van der Waals surface area contributed by atoms with Crippen molar-refractivity contribution in [2.75, 3.05) is 28.4 Å². The summed E-state index contributed by atoms with van der Waals surface area (Å²) in [5.41, 5.74) is 9.19. The van der Waals surface area contributed by atoms with Crippen LogP contribution in [0.15, 0.2) is 97.1 Å². The molecule has 196 valence electrons. The Bertz CT molecular complexity index is 1810. The average molecular weight is 525 g/mol. The second kappa shape index (κ2) is 9.35. The van der Waals surface area contributed by atoms with Crippen molar-refractivity contribution in [3.05, 3.63) is 97.1 Å². The van der Waals surface area contributed by atoms with Gasteiger partial charge in [-0.25, -0.2) is 0 Å². The first kappa shape index (κ1) is 24.1. The van der Waals surface area contributed by atoms with E-state index < -0.39 is 0 Å². The smallest absolute Gasteiger partial charge is 0.126 e. The fourth-order valence-electron chi connectivity index (χ4n) is 6.19. The van der Waals surface area contributed by atoms with Gasteiger partial charge >= 0.3 is 0 Å².